The number of hydrogen-bond acceptors (Lipinski definition) is 4. The van der Waals surface area contributed by atoms with Crippen molar-refractivity contribution in [1.82, 2.24) is 4.90 Å². The Balaban J connectivity index is 1.38. The third-order valence-electron chi connectivity index (χ3n) is 7.05. The van der Waals surface area contributed by atoms with Gasteiger partial charge in [0, 0.05) is 6.54 Å². The van der Waals surface area contributed by atoms with E-state index in [9.17, 15) is 9.59 Å². The van der Waals surface area contributed by atoms with Gasteiger partial charge in [-0.25, -0.2) is 0 Å². The van der Waals surface area contributed by atoms with E-state index >= 15 is 0 Å². The lowest BCUT2D eigenvalue weighted by atomic mass is 9.70. The summed E-state index contributed by atoms with van der Waals surface area (Å²) in [6.45, 7) is 2.94. The van der Waals surface area contributed by atoms with E-state index in [1.807, 2.05) is 12.1 Å². The van der Waals surface area contributed by atoms with E-state index in [1.165, 1.54) is 35.7 Å². The maximum atomic E-state index is 12.8. The van der Waals surface area contributed by atoms with Crippen LogP contribution in [0, 0.1) is 11.3 Å². The molecule has 0 bridgehead atoms. The van der Waals surface area contributed by atoms with Crippen LogP contribution in [0.2, 0.25) is 0 Å². The van der Waals surface area contributed by atoms with Gasteiger partial charge in [0.2, 0.25) is 0 Å². The van der Waals surface area contributed by atoms with E-state index in [0.29, 0.717) is 23.6 Å². The fourth-order valence-corrected chi connectivity index (χ4v) is 8.53. The van der Waals surface area contributed by atoms with Crippen molar-refractivity contribution in [3.63, 3.8) is 0 Å². The number of rotatable bonds is 2. The van der Waals surface area contributed by atoms with Crippen molar-refractivity contribution in [1.29, 1.82) is 0 Å². The second-order valence-corrected chi connectivity index (χ2v) is 11.6. The third-order valence-corrected chi connectivity index (χ3v) is 10.4. The molecule has 2 heterocycles. The predicted molar refractivity (Wildman–Crippen MR) is 112 cm³/mol. The van der Waals surface area contributed by atoms with Gasteiger partial charge < -0.3 is 0 Å². The van der Waals surface area contributed by atoms with Gasteiger partial charge in [-0.1, -0.05) is 30.7 Å². The summed E-state index contributed by atoms with van der Waals surface area (Å²) in [5.41, 5.74) is 2.86. The Bertz CT molecular complexity index is 807. The number of allylic oxidation sites excluding steroid dienone is 1. The topological polar surface area (TPSA) is 37.4 Å². The lowest BCUT2D eigenvalue weighted by Crippen LogP contribution is -2.41. The summed E-state index contributed by atoms with van der Waals surface area (Å²) in [5.74, 6) is 2.70. The molecule has 27 heavy (non-hydrogen) atoms. The first-order chi connectivity index (χ1) is 13.0. The standard InChI is InChI=1S/C22H25NO2S2/c1-21-9-10-22(26-11-4-12-27-22)13-15(21)7-8-16(21)14-23-19(24)17-5-2-3-6-18(17)20(23)25/h2-3,5-6,13,16H,4,7-12,14H2,1H3/t16-,21+/m1/s1. The van der Waals surface area contributed by atoms with Crippen LogP contribution in [0.3, 0.4) is 0 Å². The maximum absolute atomic E-state index is 12.8. The van der Waals surface area contributed by atoms with Gasteiger partial charge in [-0.3, -0.25) is 14.5 Å². The Labute approximate surface area is 169 Å². The molecule has 3 nitrogen and oxygen atoms in total. The minimum Gasteiger partial charge on any atom is -0.274 e. The second kappa shape index (κ2) is 6.41. The fraction of sp³-hybridized carbons (Fsp3) is 0.545. The average Bonchev–Trinajstić information content (AvgIpc) is 3.13. The van der Waals surface area contributed by atoms with Crippen molar-refractivity contribution in [2.75, 3.05) is 18.1 Å². The first-order valence-corrected chi connectivity index (χ1v) is 11.9. The first-order valence-electron chi connectivity index (χ1n) is 9.98. The molecular formula is C22H25NO2S2. The number of imide groups is 1. The van der Waals surface area contributed by atoms with Gasteiger partial charge in [-0.05, 0) is 67.1 Å². The summed E-state index contributed by atoms with van der Waals surface area (Å²) >= 11 is 4.26. The van der Waals surface area contributed by atoms with Crippen molar-refractivity contribution < 1.29 is 9.59 Å². The molecule has 2 aliphatic heterocycles. The molecule has 5 heteroatoms. The molecule has 1 saturated carbocycles. The molecule has 1 aromatic carbocycles. The number of carbonyl (C=O) groups is 2. The zero-order valence-corrected chi connectivity index (χ0v) is 17.3. The maximum Gasteiger partial charge on any atom is 0.261 e. The summed E-state index contributed by atoms with van der Waals surface area (Å²) in [6.07, 6.45) is 8.48. The summed E-state index contributed by atoms with van der Waals surface area (Å²) in [6, 6.07) is 7.23. The van der Waals surface area contributed by atoms with Gasteiger partial charge in [0.05, 0.1) is 15.2 Å². The molecule has 4 aliphatic rings. The Kier molecular flexibility index (Phi) is 4.24. The van der Waals surface area contributed by atoms with E-state index in [4.69, 9.17) is 0 Å². The van der Waals surface area contributed by atoms with E-state index < -0.39 is 0 Å². The van der Waals surface area contributed by atoms with Gasteiger partial charge >= 0.3 is 0 Å². The molecule has 1 spiro atoms. The smallest absolute Gasteiger partial charge is 0.261 e. The summed E-state index contributed by atoms with van der Waals surface area (Å²) in [7, 11) is 0. The molecular weight excluding hydrogens is 374 g/mol. The molecule has 2 aliphatic carbocycles. The summed E-state index contributed by atoms with van der Waals surface area (Å²) in [5, 5.41) is 0. The summed E-state index contributed by atoms with van der Waals surface area (Å²) in [4.78, 5) is 27.1. The van der Waals surface area contributed by atoms with Crippen molar-refractivity contribution in [2.45, 2.75) is 43.1 Å². The minimum absolute atomic E-state index is 0.109. The van der Waals surface area contributed by atoms with Gasteiger partial charge in [0.15, 0.2) is 0 Å². The number of fused-ring (bicyclic) bond motifs is 2. The van der Waals surface area contributed by atoms with Crippen LogP contribution in [0.5, 0.6) is 0 Å². The van der Waals surface area contributed by atoms with Crippen LogP contribution in [-0.4, -0.2) is 38.8 Å². The predicted octanol–water partition coefficient (Wildman–Crippen LogP) is 4.99. The van der Waals surface area contributed by atoms with Crippen molar-refractivity contribution >= 4 is 35.3 Å². The van der Waals surface area contributed by atoms with Crippen LogP contribution in [0.1, 0.15) is 59.7 Å². The normalized spacial score (nSPS) is 31.8. The Hall–Kier alpha value is -1.20. The molecule has 2 atom stereocenters. The quantitative estimate of drug-likeness (QED) is 0.519. The highest BCUT2D eigenvalue weighted by Crippen LogP contribution is 2.60. The van der Waals surface area contributed by atoms with Crippen LogP contribution >= 0.6 is 23.5 Å². The number of hydrogen-bond donors (Lipinski definition) is 0. The highest BCUT2D eigenvalue weighted by atomic mass is 32.2. The largest absolute Gasteiger partial charge is 0.274 e. The van der Waals surface area contributed by atoms with Crippen LogP contribution in [0.25, 0.3) is 0 Å². The highest BCUT2D eigenvalue weighted by molar-refractivity contribution is 8.19. The number of thioether (sulfide) groups is 2. The van der Waals surface area contributed by atoms with Gasteiger partial charge in [-0.2, -0.15) is 0 Å². The molecule has 0 unspecified atom stereocenters. The lowest BCUT2D eigenvalue weighted by molar-refractivity contribution is 0.0590. The van der Waals surface area contributed by atoms with Crippen LogP contribution in [0.4, 0.5) is 0 Å². The molecule has 142 valence electrons. The first kappa shape index (κ1) is 17.9. The van der Waals surface area contributed by atoms with Gasteiger partial charge in [0.1, 0.15) is 0 Å². The van der Waals surface area contributed by atoms with Crippen molar-refractivity contribution in [3.05, 3.63) is 47.0 Å². The van der Waals surface area contributed by atoms with Gasteiger partial charge in [-0.15, -0.1) is 23.5 Å². The van der Waals surface area contributed by atoms with E-state index in [-0.39, 0.29) is 21.3 Å². The number of nitrogens with zero attached hydrogens (tertiary/aromatic N) is 1. The monoisotopic (exact) mass is 399 g/mol. The Morgan fingerprint density at radius 1 is 1.07 bits per heavy atom. The highest BCUT2D eigenvalue weighted by Gasteiger charge is 2.50. The van der Waals surface area contributed by atoms with E-state index in [1.54, 1.807) is 17.7 Å². The Morgan fingerprint density at radius 3 is 2.41 bits per heavy atom. The summed E-state index contributed by atoms with van der Waals surface area (Å²) < 4.78 is 0.289. The minimum atomic E-state index is -0.109. The molecule has 2 fully saturated rings. The number of benzene rings is 1. The van der Waals surface area contributed by atoms with E-state index in [2.05, 4.69) is 36.5 Å². The zero-order chi connectivity index (χ0) is 18.6. The van der Waals surface area contributed by atoms with Gasteiger partial charge in [0.25, 0.3) is 11.8 Å². The van der Waals surface area contributed by atoms with Crippen molar-refractivity contribution in [2.24, 2.45) is 11.3 Å². The molecule has 1 aromatic rings. The number of carbonyl (C=O) groups excluding carboxylic acids is 2. The van der Waals surface area contributed by atoms with Crippen LogP contribution in [0.15, 0.2) is 35.9 Å². The SMILES string of the molecule is C[C@]12CCC3(C=C1CC[C@@H]2CN1C(=O)c2ccccc2C1=O)SCCCS3. The lowest BCUT2D eigenvalue weighted by Gasteiger charge is -2.45. The second-order valence-electron chi connectivity index (χ2n) is 8.45. The molecule has 2 amide bonds. The number of amides is 2. The molecule has 1 saturated heterocycles. The average molecular weight is 400 g/mol. The molecule has 0 radical (unpaired) electrons. The van der Waals surface area contributed by atoms with E-state index in [0.717, 1.165) is 12.8 Å². The van der Waals surface area contributed by atoms with Crippen LogP contribution < -0.4 is 0 Å². The van der Waals surface area contributed by atoms with Crippen LogP contribution in [-0.2, 0) is 0 Å². The Morgan fingerprint density at radius 2 is 1.74 bits per heavy atom. The molecule has 0 N–H and O–H groups in total. The zero-order valence-electron chi connectivity index (χ0n) is 15.7. The molecule has 5 rings (SSSR count). The van der Waals surface area contributed by atoms with Crippen molar-refractivity contribution in [3.8, 4) is 0 Å². The molecule has 0 aromatic heterocycles. The third kappa shape index (κ3) is 2.72. The fourth-order valence-electron chi connectivity index (χ4n) is 5.31.